The van der Waals surface area contributed by atoms with Crippen LogP contribution in [0.15, 0.2) is 24.3 Å². The molecule has 0 aromatic heterocycles. The van der Waals surface area contributed by atoms with Crippen molar-refractivity contribution in [2.75, 3.05) is 6.54 Å². The summed E-state index contributed by atoms with van der Waals surface area (Å²) >= 11 is 0. The van der Waals surface area contributed by atoms with Crippen LogP contribution < -0.4 is 21.7 Å². The summed E-state index contributed by atoms with van der Waals surface area (Å²) in [6, 6.07) is 1.44. The third-order valence-electron chi connectivity index (χ3n) is 4.44. The lowest BCUT2D eigenvalue weighted by Gasteiger charge is -2.21. The molecule has 14 heteroatoms. The first kappa shape index (κ1) is 27.8. The lowest BCUT2D eigenvalue weighted by molar-refractivity contribution is -0.143. The van der Waals surface area contributed by atoms with Crippen molar-refractivity contribution in [3.8, 4) is 5.75 Å². The lowest BCUT2D eigenvalue weighted by atomic mass is 10.0. The van der Waals surface area contributed by atoms with E-state index >= 15 is 0 Å². The van der Waals surface area contributed by atoms with E-state index in [0.717, 1.165) is 0 Å². The van der Waals surface area contributed by atoms with Gasteiger partial charge in [-0.25, -0.2) is 4.79 Å². The largest absolute Gasteiger partial charge is 0.508 e. The molecule has 1 aromatic rings. The van der Waals surface area contributed by atoms with Gasteiger partial charge >= 0.3 is 17.9 Å². The molecule has 0 bridgehead atoms. The molecule has 0 heterocycles. The van der Waals surface area contributed by atoms with Gasteiger partial charge in [0.2, 0.25) is 17.7 Å². The van der Waals surface area contributed by atoms with Gasteiger partial charge < -0.3 is 42.1 Å². The fraction of sp³-hybridized carbons (Fsp3) is 0.400. The number of benzene rings is 1. The number of aromatic hydroxyl groups is 1. The summed E-state index contributed by atoms with van der Waals surface area (Å²) in [5.41, 5.74) is 6.02. The van der Waals surface area contributed by atoms with Crippen LogP contribution in [0.3, 0.4) is 0 Å². The summed E-state index contributed by atoms with van der Waals surface area (Å²) < 4.78 is 0. The number of carboxylic acids is 3. The van der Waals surface area contributed by atoms with Gasteiger partial charge in [0.15, 0.2) is 0 Å². The highest BCUT2D eigenvalue weighted by Crippen LogP contribution is 2.11. The van der Waals surface area contributed by atoms with Crippen molar-refractivity contribution in [1.29, 1.82) is 0 Å². The third-order valence-corrected chi connectivity index (χ3v) is 4.44. The van der Waals surface area contributed by atoms with Gasteiger partial charge in [-0.05, 0) is 24.1 Å². The molecule has 0 aliphatic rings. The van der Waals surface area contributed by atoms with Gasteiger partial charge in [-0.1, -0.05) is 12.1 Å². The van der Waals surface area contributed by atoms with Gasteiger partial charge in [0, 0.05) is 12.8 Å². The number of nitrogens with one attached hydrogen (secondary N) is 3. The number of nitrogens with two attached hydrogens (primary N) is 1. The number of phenols is 1. The maximum Gasteiger partial charge on any atom is 0.326 e. The van der Waals surface area contributed by atoms with E-state index in [-0.39, 0.29) is 18.6 Å². The number of carbonyl (C=O) groups is 6. The SMILES string of the molecule is NC(CC(=O)O)C(=O)NC(Cc1ccc(O)cc1)C(=O)NCC(=O)NC(CCC(=O)O)C(=O)O. The molecule has 1 rings (SSSR count). The van der Waals surface area contributed by atoms with Crippen molar-refractivity contribution in [1.82, 2.24) is 16.0 Å². The van der Waals surface area contributed by atoms with Crippen molar-refractivity contribution in [2.45, 2.75) is 43.8 Å². The smallest absolute Gasteiger partial charge is 0.326 e. The Morgan fingerprint density at radius 3 is 2.00 bits per heavy atom. The minimum Gasteiger partial charge on any atom is -0.508 e. The number of carbonyl (C=O) groups excluding carboxylic acids is 3. The molecule has 0 saturated heterocycles. The highest BCUT2D eigenvalue weighted by molar-refractivity contribution is 5.93. The molecule has 0 spiro atoms. The van der Waals surface area contributed by atoms with Crippen molar-refractivity contribution in [3.05, 3.63) is 29.8 Å². The van der Waals surface area contributed by atoms with Crippen LogP contribution in [-0.4, -0.2) is 80.7 Å². The minimum atomic E-state index is -1.48. The van der Waals surface area contributed by atoms with Crippen molar-refractivity contribution < 1.29 is 49.2 Å². The number of phenolic OH excluding ortho intramolecular Hbond substituents is 1. The molecule has 34 heavy (non-hydrogen) atoms. The molecular formula is C20H26N4O10. The molecule has 14 nitrogen and oxygen atoms in total. The maximum absolute atomic E-state index is 12.6. The van der Waals surface area contributed by atoms with Crippen LogP contribution in [-0.2, 0) is 35.2 Å². The molecule has 0 saturated carbocycles. The molecule has 3 amide bonds. The van der Waals surface area contributed by atoms with E-state index in [1.807, 2.05) is 0 Å². The fourth-order valence-electron chi connectivity index (χ4n) is 2.70. The highest BCUT2D eigenvalue weighted by Gasteiger charge is 2.26. The standard InChI is InChI=1S/C20H26N4O10/c21-12(8-17(29)30)18(31)24-14(7-10-1-3-11(25)4-2-10)19(32)22-9-15(26)23-13(20(33)34)5-6-16(27)28/h1-4,12-14,25H,5-9,21H2,(H,22,32)(H,23,26)(H,24,31)(H,27,28)(H,29,30)(H,33,34). The van der Waals surface area contributed by atoms with Crippen molar-refractivity contribution in [2.24, 2.45) is 5.73 Å². The summed E-state index contributed by atoms with van der Waals surface area (Å²) in [6.07, 6.45) is -1.66. The Labute approximate surface area is 193 Å². The predicted octanol–water partition coefficient (Wildman–Crippen LogP) is -2.23. The second kappa shape index (κ2) is 13.4. The summed E-state index contributed by atoms with van der Waals surface area (Å²) in [4.78, 5) is 69.4. The van der Waals surface area contributed by atoms with E-state index < -0.39 is 73.1 Å². The van der Waals surface area contributed by atoms with Crippen LogP contribution in [0.1, 0.15) is 24.8 Å². The third kappa shape index (κ3) is 10.4. The van der Waals surface area contributed by atoms with Gasteiger partial charge in [-0.2, -0.15) is 0 Å². The normalized spacial score (nSPS) is 13.1. The Morgan fingerprint density at radius 2 is 1.47 bits per heavy atom. The van der Waals surface area contributed by atoms with Gasteiger partial charge in [-0.3, -0.25) is 24.0 Å². The molecule has 9 N–H and O–H groups in total. The zero-order chi connectivity index (χ0) is 25.8. The van der Waals surface area contributed by atoms with Crippen LogP contribution >= 0.6 is 0 Å². The van der Waals surface area contributed by atoms with E-state index in [4.69, 9.17) is 21.1 Å². The molecule has 0 aliphatic heterocycles. The second-order valence-electron chi connectivity index (χ2n) is 7.24. The zero-order valence-corrected chi connectivity index (χ0v) is 17.9. The number of hydrogen-bond acceptors (Lipinski definition) is 8. The first-order chi connectivity index (χ1) is 15.9. The number of carboxylic acid groups (broad SMARTS) is 3. The average molecular weight is 482 g/mol. The molecule has 186 valence electrons. The molecular weight excluding hydrogens is 456 g/mol. The molecule has 0 fully saturated rings. The Hall–Kier alpha value is -4.20. The summed E-state index contributed by atoms with van der Waals surface area (Å²) in [5, 5.41) is 42.5. The van der Waals surface area contributed by atoms with E-state index in [1.54, 1.807) is 0 Å². The molecule has 0 aliphatic carbocycles. The monoisotopic (exact) mass is 482 g/mol. The van der Waals surface area contributed by atoms with Crippen molar-refractivity contribution >= 4 is 35.6 Å². The van der Waals surface area contributed by atoms with E-state index in [1.165, 1.54) is 24.3 Å². The molecule has 3 unspecified atom stereocenters. The van der Waals surface area contributed by atoms with Crippen LogP contribution in [0, 0.1) is 0 Å². The minimum absolute atomic E-state index is 0.0372. The van der Waals surface area contributed by atoms with E-state index in [0.29, 0.717) is 5.56 Å². The molecule has 1 aromatic carbocycles. The van der Waals surface area contributed by atoms with Crippen LogP contribution in [0.4, 0.5) is 0 Å². The number of aliphatic carboxylic acids is 3. The highest BCUT2D eigenvalue weighted by atomic mass is 16.4. The number of amides is 3. The lowest BCUT2D eigenvalue weighted by Crippen LogP contribution is -2.54. The van der Waals surface area contributed by atoms with Gasteiger partial charge in [0.05, 0.1) is 19.0 Å². The Morgan fingerprint density at radius 1 is 0.853 bits per heavy atom. The topological polar surface area (TPSA) is 245 Å². The summed E-state index contributed by atoms with van der Waals surface area (Å²) in [5.74, 6) is -6.75. The first-order valence-electron chi connectivity index (χ1n) is 9.96. The Kier molecular flexibility index (Phi) is 10.9. The summed E-state index contributed by atoms with van der Waals surface area (Å²) in [6.45, 7) is -0.682. The van der Waals surface area contributed by atoms with Crippen molar-refractivity contribution in [3.63, 3.8) is 0 Å². The Bertz CT molecular complexity index is 918. The van der Waals surface area contributed by atoms with Crippen LogP contribution in [0.25, 0.3) is 0 Å². The van der Waals surface area contributed by atoms with E-state index in [2.05, 4.69) is 16.0 Å². The number of rotatable bonds is 14. The Balaban J connectivity index is 2.82. The summed E-state index contributed by atoms with van der Waals surface area (Å²) in [7, 11) is 0. The average Bonchev–Trinajstić information content (AvgIpc) is 2.74. The van der Waals surface area contributed by atoms with Gasteiger partial charge in [-0.15, -0.1) is 0 Å². The van der Waals surface area contributed by atoms with Crippen LogP contribution in [0.2, 0.25) is 0 Å². The second-order valence-corrected chi connectivity index (χ2v) is 7.24. The maximum atomic E-state index is 12.6. The van der Waals surface area contributed by atoms with Crippen LogP contribution in [0.5, 0.6) is 5.75 Å². The molecule has 0 radical (unpaired) electrons. The zero-order valence-electron chi connectivity index (χ0n) is 17.9. The predicted molar refractivity (Wildman–Crippen MR) is 113 cm³/mol. The first-order valence-corrected chi connectivity index (χ1v) is 9.96. The number of hydrogen-bond donors (Lipinski definition) is 8. The fourth-order valence-corrected chi connectivity index (χ4v) is 2.70. The van der Waals surface area contributed by atoms with Gasteiger partial charge in [0.25, 0.3) is 0 Å². The molecule has 3 atom stereocenters. The van der Waals surface area contributed by atoms with E-state index in [9.17, 15) is 33.9 Å². The quantitative estimate of drug-likeness (QED) is 0.141. The van der Waals surface area contributed by atoms with Gasteiger partial charge in [0.1, 0.15) is 17.8 Å².